The van der Waals surface area contributed by atoms with Crippen molar-refractivity contribution in [3.63, 3.8) is 0 Å². The van der Waals surface area contributed by atoms with E-state index < -0.39 is 12.1 Å². The van der Waals surface area contributed by atoms with Gasteiger partial charge in [0.2, 0.25) is 11.8 Å². The molecule has 0 radical (unpaired) electrons. The molecule has 0 aromatic heterocycles. The van der Waals surface area contributed by atoms with Crippen molar-refractivity contribution in [2.24, 2.45) is 5.92 Å². The Morgan fingerprint density at radius 2 is 1.82 bits per heavy atom. The molecular formula is C27H47N3O4. The topological polar surface area (TPSA) is 90.9 Å². The SMILES string of the molecule is CCCN(CCC)C(=O)CCCC(=O)N[C@@H](Cc1cccc(OC)c1)[C@H](O)CNCCC(C)C. The summed E-state index contributed by atoms with van der Waals surface area (Å²) in [5.41, 5.74) is 0.982. The van der Waals surface area contributed by atoms with Gasteiger partial charge in [0.05, 0.1) is 19.3 Å². The summed E-state index contributed by atoms with van der Waals surface area (Å²) in [6.07, 6.45) is 3.79. The van der Waals surface area contributed by atoms with Crippen molar-refractivity contribution in [2.45, 2.75) is 84.8 Å². The minimum Gasteiger partial charge on any atom is -0.497 e. The van der Waals surface area contributed by atoms with Crippen LogP contribution in [0.25, 0.3) is 0 Å². The Bertz CT molecular complexity index is 705. The summed E-state index contributed by atoms with van der Waals surface area (Å²) in [7, 11) is 1.62. The molecule has 0 saturated heterocycles. The highest BCUT2D eigenvalue weighted by atomic mass is 16.5. The zero-order valence-electron chi connectivity index (χ0n) is 21.9. The molecular weight excluding hydrogens is 430 g/mol. The summed E-state index contributed by atoms with van der Waals surface area (Å²) in [4.78, 5) is 27.1. The van der Waals surface area contributed by atoms with Crippen LogP contribution < -0.4 is 15.4 Å². The molecule has 0 fully saturated rings. The van der Waals surface area contributed by atoms with Crippen molar-refractivity contribution in [1.82, 2.24) is 15.5 Å². The van der Waals surface area contributed by atoms with Gasteiger partial charge < -0.3 is 25.4 Å². The van der Waals surface area contributed by atoms with Gasteiger partial charge in [-0.2, -0.15) is 0 Å². The smallest absolute Gasteiger partial charge is 0.222 e. The zero-order valence-corrected chi connectivity index (χ0v) is 21.9. The molecule has 7 nitrogen and oxygen atoms in total. The van der Waals surface area contributed by atoms with E-state index in [1.54, 1.807) is 7.11 Å². The molecule has 0 bridgehead atoms. The predicted molar refractivity (Wildman–Crippen MR) is 138 cm³/mol. The number of ether oxygens (including phenoxy) is 1. The predicted octanol–water partition coefficient (Wildman–Crippen LogP) is 3.54. The maximum atomic E-state index is 12.7. The van der Waals surface area contributed by atoms with Crippen LogP contribution in [0.3, 0.4) is 0 Å². The minimum absolute atomic E-state index is 0.110. The molecule has 3 N–H and O–H groups in total. The monoisotopic (exact) mass is 477 g/mol. The Morgan fingerprint density at radius 3 is 2.44 bits per heavy atom. The molecule has 0 unspecified atom stereocenters. The van der Waals surface area contributed by atoms with Gasteiger partial charge in [-0.1, -0.05) is 39.8 Å². The van der Waals surface area contributed by atoms with Gasteiger partial charge in [-0.3, -0.25) is 9.59 Å². The van der Waals surface area contributed by atoms with E-state index in [1.165, 1.54) is 0 Å². The van der Waals surface area contributed by atoms with Crippen LogP contribution in [-0.4, -0.2) is 67.3 Å². The average molecular weight is 478 g/mol. The molecule has 1 rings (SSSR count). The van der Waals surface area contributed by atoms with Crippen molar-refractivity contribution in [3.05, 3.63) is 29.8 Å². The number of carbonyl (C=O) groups excluding carboxylic acids is 2. The second kappa shape index (κ2) is 17.3. The molecule has 0 spiro atoms. The molecule has 1 aromatic carbocycles. The van der Waals surface area contributed by atoms with Crippen molar-refractivity contribution in [3.8, 4) is 5.75 Å². The first-order valence-corrected chi connectivity index (χ1v) is 12.9. The zero-order chi connectivity index (χ0) is 25.3. The van der Waals surface area contributed by atoms with E-state index in [2.05, 4.69) is 38.3 Å². The van der Waals surface area contributed by atoms with Crippen molar-refractivity contribution in [2.75, 3.05) is 33.3 Å². The molecule has 0 saturated carbocycles. The largest absolute Gasteiger partial charge is 0.497 e. The minimum atomic E-state index is -0.728. The molecule has 0 aliphatic heterocycles. The fourth-order valence-corrected chi connectivity index (χ4v) is 3.86. The summed E-state index contributed by atoms with van der Waals surface area (Å²) in [5.74, 6) is 1.30. The Morgan fingerprint density at radius 1 is 1.12 bits per heavy atom. The first kappa shape index (κ1) is 29.9. The van der Waals surface area contributed by atoms with Gasteiger partial charge in [0.1, 0.15) is 5.75 Å². The highest BCUT2D eigenvalue weighted by Crippen LogP contribution is 2.15. The molecule has 2 atom stereocenters. The summed E-state index contributed by atoms with van der Waals surface area (Å²) < 4.78 is 5.31. The van der Waals surface area contributed by atoms with E-state index >= 15 is 0 Å². The fourth-order valence-electron chi connectivity index (χ4n) is 3.86. The molecule has 0 heterocycles. The van der Waals surface area contributed by atoms with Crippen LogP contribution in [0.15, 0.2) is 24.3 Å². The van der Waals surface area contributed by atoms with Crippen LogP contribution in [0.5, 0.6) is 5.75 Å². The van der Waals surface area contributed by atoms with E-state index in [9.17, 15) is 14.7 Å². The van der Waals surface area contributed by atoms with Crippen LogP contribution in [0, 0.1) is 5.92 Å². The van der Waals surface area contributed by atoms with Crippen LogP contribution in [0.2, 0.25) is 0 Å². The third kappa shape index (κ3) is 12.4. The van der Waals surface area contributed by atoms with Crippen LogP contribution >= 0.6 is 0 Å². The molecule has 0 aliphatic rings. The van der Waals surface area contributed by atoms with Gasteiger partial charge in [0, 0.05) is 32.5 Å². The second-order valence-electron chi connectivity index (χ2n) is 9.42. The second-order valence-corrected chi connectivity index (χ2v) is 9.42. The van der Waals surface area contributed by atoms with Crippen LogP contribution in [0.1, 0.15) is 71.8 Å². The fraction of sp³-hybridized carbons (Fsp3) is 0.704. The number of amides is 2. The lowest BCUT2D eigenvalue weighted by atomic mass is 10.00. The number of hydrogen-bond acceptors (Lipinski definition) is 5. The number of rotatable bonds is 18. The number of nitrogens with one attached hydrogen (secondary N) is 2. The lowest BCUT2D eigenvalue weighted by Crippen LogP contribution is -2.48. The van der Waals surface area contributed by atoms with Gasteiger partial charge in [0.15, 0.2) is 0 Å². The number of nitrogens with zero attached hydrogens (tertiary/aromatic N) is 1. The molecule has 2 amide bonds. The molecule has 0 aliphatic carbocycles. The van der Waals surface area contributed by atoms with Gasteiger partial charge in [-0.25, -0.2) is 0 Å². The third-order valence-electron chi connectivity index (χ3n) is 5.79. The molecule has 34 heavy (non-hydrogen) atoms. The van der Waals surface area contributed by atoms with E-state index in [0.717, 1.165) is 50.2 Å². The Kier molecular flexibility index (Phi) is 15.3. The Hall–Kier alpha value is -2.12. The highest BCUT2D eigenvalue weighted by Gasteiger charge is 2.22. The maximum Gasteiger partial charge on any atom is 0.222 e. The Labute approximate surface area is 206 Å². The van der Waals surface area contributed by atoms with E-state index in [1.807, 2.05) is 29.2 Å². The third-order valence-corrected chi connectivity index (χ3v) is 5.79. The van der Waals surface area contributed by atoms with Crippen LogP contribution in [0.4, 0.5) is 0 Å². The van der Waals surface area contributed by atoms with Gasteiger partial charge >= 0.3 is 0 Å². The first-order valence-electron chi connectivity index (χ1n) is 12.9. The van der Waals surface area contributed by atoms with Gasteiger partial charge in [-0.05, 0) is 62.3 Å². The number of carbonyl (C=O) groups is 2. The van der Waals surface area contributed by atoms with Crippen LogP contribution in [-0.2, 0) is 16.0 Å². The Balaban J connectivity index is 2.67. The summed E-state index contributed by atoms with van der Waals surface area (Å²) in [5, 5.41) is 17.2. The summed E-state index contributed by atoms with van der Waals surface area (Å²) in [6, 6.07) is 7.24. The number of aliphatic hydroxyl groups is 1. The normalized spacial score (nSPS) is 12.9. The van der Waals surface area contributed by atoms with Gasteiger partial charge in [-0.15, -0.1) is 0 Å². The highest BCUT2D eigenvalue weighted by molar-refractivity contribution is 5.79. The standard InChI is InChI=1S/C27H47N3O4/c1-6-16-30(17-7-2)27(33)13-9-12-26(32)29-24(25(31)20-28-15-14-21(3)4)19-22-10-8-11-23(18-22)34-5/h8,10-11,18,21,24-25,28,31H,6-7,9,12-17,19-20H2,1-5H3,(H,29,32)/t24-,25+/m0/s1. The molecule has 194 valence electrons. The molecule has 7 heteroatoms. The van der Waals surface area contributed by atoms with Gasteiger partial charge in [0.25, 0.3) is 0 Å². The van der Waals surface area contributed by atoms with E-state index in [0.29, 0.717) is 31.7 Å². The quantitative estimate of drug-likeness (QED) is 0.281. The van der Waals surface area contributed by atoms with E-state index in [-0.39, 0.29) is 18.2 Å². The number of benzene rings is 1. The number of aliphatic hydroxyl groups excluding tert-OH is 1. The number of methoxy groups -OCH3 is 1. The lowest BCUT2D eigenvalue weighted by molar-refractivity contribution is -0.131. The van der Waals surface area contributed by atoms with E-state index in [4.69, 9.17) is 4.74 Å². The molecule has 1 aromatic rings. The first-order chi connectivity index (χ1) is 16.3. The van der Waals surface area contributed by atoms with Crippen molar-refractivity contribution < 1.29 is 19.4 Å². The summed E-state index contributed by atoms with van der Waals surface area (Å²) in [6.45, 7) is 11.2. The summed E-state index contributed by atoms with van der Waals surface area (Å²) >= 11 is 0. The maximum absolute atomic E-state index is 12.7. The number of hydrogen-bond donors (Lipinski definition) is 3. The van der Waals surface area contributed by atoms with Crippen molar-refractivity contribution in [1.29, 1.82) is 0 Å². The van der Waals surface area contributed by atoms with Crippen molar-refractivity contribution >= 4 is 11.8 Å². The lowest BCUT2D eigenvalue weighted by Gasteiger charge is -2.25. The average Bonchev–Trinajstić information content (AvgIpc) is 2.81.